The normalized spacial score (nSPS) is 19.9. The second-order valence-corrected chi connectivity index (χ2v) is 5.57. The van der Waals surface area contributed by atoms with Crippen molar-refractivity contribution in [3.8, 4) is 0 Å². The van der Waals surface area contributed by atoms with E-state index in [2.05, 4.69) is 17.3 Å². The second-order valence-electron chi connectivity index (χ2n) is 5.57. The van der Waals surface area contributed by atoms with Gasteiger partial charge in [0.15, 0.2) is 0 Å². The van der Waals surface area contributed by atoms with Gasteiger partial charge >= 0.3 is 0 Å². The van der Waals surface area contributed by atoms with Crippen molar-refractivity contribution in [2.75, 3.05) is 19.8 Å². The molecular weight excluding hydrogens is 244 g/mol. The van der Waals surface area contributed by atoms with Crippen molar-refractivity contribution in [3.05, 3.63) is 18.0 Å². The molecule has 1 unspecified atom stereocenters. The van der Waals surface area contributed by atoms with E-state index in [4.69, 9.17) is 10.5 Å². The Morgan fingerprint density at radius 1 is 1.63 bits per heavy atom. The number of nitrogens with zero attached hydrogens (tertiary/aromatic N) is 2. The van der Waals surface area contributed by atoms with E-state index in [1.165, 1.54) is 0 Å². The van der Waals surface area contributed by atoms with Crippen LogP contribution in [0.2, 0.25) is 0 Å². The molecule has 0 radical (unpaired) electrons. The summed E-state index contributed by atoms with van der Waals surface area (Å²) in [6, 6.07) is -0.655. The summed E-state index contributed by atoms with van der Waals surface area (Å²) in [6.07, 6.45) is 5.33. The van der Waals surface area contributed by atoms with Crippen molar-refractivity contribution in [2.24, 2.45) is 18.2 Å². The van der Waals surface area contributed by atoms with Gasteiger partial charge in [-0.05, 0) is 18.3 Å². The Bertz CT molecular complexity index is 438. The minimum absolute atomic E-state index is 0.114. The van der Waals surface area contributed by atoms with Crippen LogP contribution in [0.1, 0.15) is 31.4 Å². The Morgan fingerprint density at radius 2 is 2.32 bits per heavy atom. The number of nitrogens with two attached hydrogens (primary N) is 1. The third kappa shape index (κ3) is 3.54. The van der Waals surface area contributed by atoms with Crippen LogP contribution in [0.15, 0.2) is 12.4 Å². The highest BCUT2D eigenvalue weighted by Crippen LogP contribution is 2.28. The lowest BCUT2D eigenvalue weighted by Gasteiger charge is -2.33. The number of nitrogens with one attached hydrogen (secondary N) is 1. The van der Waals surface area contributed by atoms with Crippen molar-refractivity contribution < 1.29 is 9.53 Å². The summed E-state index contributed by atoms with van der Waals surface area (Å²) in [5, 5.41) is 6.97. The van der Waals surface area contributed by atoms with Gasteiger partial charge in [-0.15, -0.1) is 0 Å². The molecule has 6 heteroatoms. The van der Waals surface area contributed by atoms with E-state index in [1.54, 1.807) is 24.1 Å². The van der Waals surface area contributed by atoms with Crippen LogP contribution in [0.25, 0.3) is 0 Å². The van der Waals surface area contributed by atoms with Crippen molar-refractivity contribution >= 4 is 5.91 Å². The van der Waals surface area contributed by atoms with Crippen LogP contribution in [0.4, 0.5) is 0 Å². The van der Waals surface area contributed by atoms with E-state index in [0.29, 0.717) is 6.54 Å². The van der Waals surface area contributed by atoms with Crippen LogP contribution >= 0.6 is 0 Å². The van der Waals surface area contributed by atoms with Crippen molar-refractivity contribution in [2.45, 2.75) is 25.8 Å². The van der Waals surface area contributed by atoms with Crippen molar-refractivity contribution in [1.29, 1.82) is 0 Å². The fourth-order valence-corrected chi connectivity index (χ4v) is 2.20. The predicted octanol–water partition coefficient (Wildman–Crippen LogP) is 0.353. The zero-order valence-electron chi connectivity index (χ0n) is 11.6. The molecule has 6 nitrogen and oxygen atoms in total. The lowest BCUT2D eigenvalue weighted by Crippen LogP contribution is -2.42. The van der Waals surface area contributed by atoms with Gasteiger partial charge in [0.1, 0.15) is 6.04 Å². The summed E-state index contributed by atoms with van der Waals surface area (Å²) in [5.41, 5.74) is 6.77. The summed E-state index contributed by atoms with van der Waals surface area (Å²) in [4.78, 5) is 12.0. The van der Waals surface area contributed by atoms with E-state index < -0.39 is 6.04 Å². The Hall–Kier alpha value is -1.40. The van der Waals surface area contributed by atoms with E-state index in [1.807, 2.05) is 0 Å². The summed E-state index contributed by atoms with van der Waals surface area (Å²) < 4.78 is 6.98. The molecule has 0 saturated carbocycles. The fourth-order valence-electron chi connectivity index (χ4n) is 2.20. The number of aromatic nitrogens is 2. The molecular formula is C13H22N4O2. The van der Waals surface area contributed by atoms with Crippen molar-refractivity contribution in [3.63, 3.8) is 0 Å². The first-order chi connectivity index (χ1) is 9.00. The quantitative estimate of drug-likeness (QED) is 0.824. The number of rotatable bonds is 4. The number of hydrogen-bond donors (Lipinski definition) is 2. The van der Waals surface area contributed by atoms with Crippen LogP contribution in [0.5, 0.6) is 0 Å². The average molecular weight is 266 g/mol. The summed E-state index contributed by atoms with van der Waals surface area (Å²) in [6.45, 7) is 4.34. The first kappa shape index (κ1) is 14.0. The van der Waals surface area contributed by atoms with Crippen LogP contribution in [-0.2, 0) is 16.6 Å². The molecule has 0 aliphatic carbocycles. The molecule has 19 heavy (non-hydrogen) atoms. The predicted molar refractivity (Wildman–Crippen MR) is 71.3 cm³/mol. The minimum Gasteiger partial charge on any atom is -0.381 e. The number of ether oxygens (including phenoxy) is 1. The molecule has 1 aromatic heterocycles. The van der Waals surface area contributed by atoms with Gasteiger partial charge in [0, 0.05) is 38.6 Å². The molecule has 106 valence electrons. The van der Waals surface area contributed by atoms with Crippen LogP contribution in [0.3, 0.4) is 0 Å². The SMILES string of the molecule is Cn1cc(C(N)C(=O)NCC2(C)CCOCC2)cn1. The Morgan fingerprint density at radius 3 is 2.89 bits per heavy atom. The minimum atomic E-state index is -0.655. The Balaban J connectivity index is 1.87. The van der Waals surface area contributed by atoms with Crippen LogP contribution in [-0.4, -0.2) is 35.4 Å². The lowest BCUT2D eigenvalue weighted by molar-refractivity contribution is -0.123. The molecule has 1 fully saturated rings. The van der Waals surface area contributed by atoms with Gasteiger partial charge in [0.25, 0.3) is 0 Å². The van der Waals surface area contributed by atoms with Gasteiger partial charge < -0.3 is 15.8 Å². The molecule has 1 saturated heterocycles. The molecule has 3 N–H and O–H groups in total. The molecule has 1 atom stereocenters. The number of aryl methyl sites for hydroxylation is 1. The number of carbonyl (C=O) groups excluding carboxylic acids is 1. The number of carbonyl (C=O) groups is 1. The summed E-state index contributed by atoms with van der Waals surface area (Å²) in [7, 11) is 1.80. The first-order valence-electron chi connectivity index (χ1n) is 6.60. The molecule has 2 rings (SSSR count). The topological polar surface area (TPSA) is 82.2 Å². The standard InChI is InChI=1S/C13H22N4O2/c1-13(3-5-19-6-4-13)9-15-12(18)11(14)10-7-16-17(2)8-10/h7-8,11H,3-6,9,14H2,1-2H3,(H,15,18). The van der Waals surface area contributed by atoms with E-state index in [9.17, 15) is 4.79 Å². The molecule has 0 bridgehead atoms. The zero-order chi connectivity index (χ0) is 13.9. The monoisotopic (exact) mass is 266 g/mol. The van der Waals surface area contributed by atoms with Gasteiger partial charge in [-0.1, -0.05) is 6.92 Å². The van der Waals surface area contributed by atoms with Crippen LogP contribution in [0, 0.1) is 5.41 Å². The third-order valence-corrected chi connectivity index (χ3v) is 3.76. The maximum Gasteiger partial charge on any atom is 0.241 e. The Labute approximate surface area is 113 Å². The molecule has 0 spiro atoms. The highest BCUT2D eigenvalue weighted by molar-refractivity contribution is 5.82. The number of hydrogen-bond acceptors (Lipinski definition) is 4. The van der Waals surface area contributed by atoms with E-state index >= 15 is 0 Å². The van der Waals surface area contributed by atoms with Gasteiger partial charge in [0.05, 0.1) is 6.20 Å². The largest absolute Gasteiger partial charge is 0.381 e. The maximum atomic E-state index is 12.0. The van der Waals surface area contributed by atoms with Gasteiger partial charge in [-0.3, -0.25) is 9.48 Å². The Kier molecular flexibility index (Phi) is 4.21. The molecule has 1 aliphatic heterocycles. The summed E-state index contributed by atoms with van der Waals surface area (Å²) in [5.74, 6) is -0.152. The molecule has 2 heterocycles. The fraction of sp³-hybridized carbons (Fsp3) is 0.692. The van der Waals surface area contributed by atoms with Gasteiger partial charge in [0.2, 0.25) is 5.91 Å². The average Bonchev–Trinajstić information content (AvgIpc) is 2.83. The van der Waals surface area contributed by atoms with E-state index in [-0.39, 0.29) is 11.3 Å². The lowest BCUT2D eigenvalue weighted by atomic mass is 9.82. The zero-order valence-corrected chi connectivity index (χ0v) is 11.6. The highest BCUT2D eigenvalue weighted by Gasteiger charge is 2.28. The van der Waals surface area contributed by atoms with Crippen molar-refractivity contribution in [1.82, 2.24) is 15.1 Å². The molecule has 1 aliphatic rings. The van der Waals surface area contributed by atoms with Gasteiger partial charge in [-0.25, -0.2) is 0 Å². The highest BCUT2D eigenvalue weighted by atomic mass is 16.5. The smallest absolute Gasteiger partial charge is 0.241 e. The summed E-state index contributed by atoms with van der Waals surface area (Å²) >= 11 is 0. The first-order valence-corrected chi connectivity index (χ1v) is 6.60. The maximum absolute atomic E-state index is 12.0. The second kappa shape index (κ2) is 5.71. The van der Waals surface area contributed by atoms with E-state index in [0.717, 1.165) is 31.6 Å². The molecule has 1 aromatic rings. The molecule has 0 aromatic carbocycles. The third-order valence-electron chi connectivity index (χ3n) is 3.76. The number of amides is 1. The molecule has 1 amide bonds. The van der Waals surface area contributed by atoms with Crippen LogP contribution < -0.4 is 11.1 Å². The van der Waals surface area contributed by atoms with Gasteiger partial charge in [-0.2, -0.15) is 5.10 Å².